The number of amides is 2. The van der Waals surface area contributed by atoms with Gasteiger partial charge in [0.2, 0.25) is 17.6 Å². The number of carbonyl (C=O) groups is 2. The number of nitrogens with one attached hydrogen (secondary N) is 2. The number of ether oxygens (including phenoxy) is 5. The fourth-order valence-electron chi connectivity index (χ4n) is 8.12. The number of nitrogens with zero attached hydrogens (tertiary/aromatic N) is 5. The average molecular weight is 926 g/mol. The zero-order chi connectivity index (χ0) is 45.9. The molecule has 2 aromatic carbocycles. The number of aliphatic hydroxyl groups is 1. The Labute approximate surface area is 381 Å². The van der Waals surface area contributed by atoms with Gasteiger partial charge in [0.1, 0.15) is 18.5 Å². The molecule has 2 atom stereocenters. The third-order valence-corrected chi connectivity index (χ3v) is 12.4. The first-order chi connectivity index (χ1) is 31.4. The lowest BCUT2D eigenvalue weighted by atomic mass is 9.90. The third kappa shape index (κ3) is 12.4. The molecule has 3 aliphatic heterocycles. The molecule has 7 rings (SSSR count). The number of halogens is 3. The normalized spacial score (nSPS) is 18.5. The highest BCUT2D eigenvalue weighted by Gasteiger charge is 2.42. The first-order valence-corrected chi connectivity index (χ1v) is 22.9. The number of benzene rings is 2. The smallest absolute Gasteiger partial charge is 0.241 e. The van der Waals surface area contributed by atoms with Crippen LogP contribution in [0.4, 0.5) is 24.0 Å². The number of hydrogen-bond acceptors (Lipinski definition) is 14. The van der Waals surface area contributed by atoms with Gasteiger partial charge in [-0.25, -0.2) is 13.8 Å². The fourth-order valence-corrected chi connectivity index (χ4v) is 9.00. The quantitative estimate of drug-likeness (QED) is 0.103. The van der Waals surface area contributed by atoms with Crippen LogP contribution in [0.25, 0.3) is 11.3 Å². The van der Waals surface area contributed by atoms with Crippen molar-refractivity contribution < 1.29 is 51.6 Å². The van der Waals surface area contributed by atoms with E-state index in [-0.39, 0.29) is 82.2 Å². The number of aliphatic hydroxyl groups excluding tert-OH is 1. The molecule has 2 fully saturated rings. The minimum atomic E-state index is -1.08. The molecule has 0 aliphatic carbocycles. The molecule has 3 N–H and O–H groups in total. The summed E-state index contributed by atoms with van der Waals surface area (Å²) in [6, 6.07) is 10.1. The van der Waals surface area contributed by atoms with Gasteiger partial charge in [-0.05, 0) is 54.8 Å². The largest absolute Gasteiger partial charge is 0.487 e. The van der Waals surface area contributed by atoms with Gasteiger partial charge in [0.25, 0.3) is 0 Å². The Hall–Kier alpha value is -4.73. The maximum absolute atomic E-state index is 14.8. The predicted octanol–water partition coefficient (Wildman–Crippen LogP) is 4.07. The maximum Gasteiger partial charge on any atom is 0.241 e. The van der Waals surface area contributed by atoms with Crippen LogP contribution < -0.4 is 25.2 Å². The molecule has 3 aliphatic rings. The summed E-state index contributed by atoms with van der Waals surface area (Å²) in [6.45, 7) is 11.5. The van der Waals surface area contributed by atoms with Crippen molar-refractivity contribution in [2.45, 2.75) is 51.3 Å². The SMILES string of the molecule is C[C@@H]1CN(CC(=O)N2CC(C)(C)c3nc(CO)c(Cc4ccc(F)cc4)cc32)[C@@H](C(=O)NCCOCCOCCOCCOc2c(-c3csc(N4CCOCC4)n3)ccc(F)c2F)CN1. The molecule has 15 nitrogen and oxygen atoms in total. The number of thiazole rings is 1. The van der Waals surface area contributed by atoms with Crippen molar-refractivity contribution in [3.63, 3.8) is 0 Å². The summed E-state index contributed by atoms with van der Waals surface area (Å²) < 4.78 is 70.5. The molecule has 65 heavy (non-hydrogen) atoms. The first kappa shape index (κ1) is 48.2. The van der Waals surface area contributed by atoms with Gasteiger partial charge in [0.05, 0.1) is 88.8 Å². The van der Waals surface area contributed by atoms with Crippen LogP contribution in [0.15, 0.2) is 47.8 Å². The Morgan fingerprint density at radius 3 is 2.40 bits per heavy atom. The van der Waals surface area contributed by atoms with Crippen LogP contribution >= 0.6 is 11.3 Å². The summed E-state index contributed by atoms with van der Waals surface area (Å²) in [5.74, 6) is -3.01. The van der Waals surface area contributed by atoms with E-state index < -0.39 is 23.1 Å². The number of carbonyl (C=O) groups excluding carboxylic acids is 2. The molecule has 2 amide bonds. The van der Waals surface area contributed by atoms with Gasteiger partial charge in [-0.2, -0.15) is 4.39 Å². The lowest BCUT2D eigenvalue weighted by Gasteiger charge is -2.38. The van der Waals surface area contributed by atoms with Crippen LogP contribution in [0, 0.1) is 17.5 Å². The summed E-state index contributed by atoms with van der Waals surface area (Å²) in [5, 5.41) is 19.1. The van der Waals surface area contributed by atoms with Gasteiger partial charge >= 0.3 is 0 Å². The van der Waals surface area contributed by atoms with Crippen molar-refractivity contribution in [2.24, 2.45) is 0 Å². The van der Waals surface area contributed by atoms with E-state index in [1.165, 1.54) is 29.5 Å². The number of hydrogen-bond donors (Lipinski definition) is 3. The second kappa shape index (κ2) is 22.6. The summed E-state index contributed by atoms with van der Waals surface area (Å²) in [5.41, 5.74) is 3.93. The lowest BCUT2D eigenvalue weighted by molar-refractivity contribution is -0.129. The fraction of sp³-hybridized carbons (Fsp3) is 0.522. The molecule has 19 heteroatoms. The van der Waals surface area contributed by atoms with Crippen LogP contribution in [-0.4, -0.2) is 149 Å². The number of piperazine rings is 1. The second-order valence-electron chi connectivity index (χ2n) is 16.9. The van der Waals surface area contributed by atoms with E-state index in [1.807, 2.05) is 31.7 Å². The van der Waals surface area contributed by atoms with E-state index in [9.17, 15) is 27.9 Å². The summed E-state index contributed by atoms with van der Waals surface area (Å²) >= 11 is 1.42. The highest BCUT2D eigenvalue weighted by molar-refractivity contribution is 7.14. The minimum Gasteiger partial charge on any atom is -0.487 e. The monoisotopic (exact) mass is 925 g/mol. The molecular weight excluding hydrogens is 868 g/mol. The Kier molecular flexibility index (Phi) is 16.8. The molecule has 0 spiro atoms. The maximum atomic E-state index is 14.8. The van der Waals surface area contributed by atoms with E-state index in [0.29, 0.717) is 88.2 Å². The predicted molar refractivity (Wildman–Crippen MR) is 239 cm³/mol. The average Bonchev–Trinajstić information content (AvgIpc) is 3.89. The molecular formula is C46H58F3N7O8S. The van der Waals surface area contributed by atoms with E-state index in [0.717, 1.165) is 28.0 Å². The highest BCUT2D eigenvalue weighted by Crippen LogP contribution is 2.41. The van der Waals surface area contributed by atoms with Gasteiger partial charge in [-0.1, -0.05) is 26.0 Å². The molecule has 0 saturated carbocycles. The van der Waals surface area contributed by atoms with Crippen LogP contribution in [0.5, 0.6) is 5.75 Å². The van der Waals surface area contributed by atoms with Crippen molar-refractivity contribution in [1.82, 2.24) is 25.5 Å². The number of pyridine rings is 1. The molecule has 0 radical (unpaired) electrons. The van der Waals surface area contributed by atoms with Crippen LogP contribution in [0.3, 0.4) is 0 Å². The Bertz CT molecular complexity index is 2230. The summed E-state index contributed by atoms with van der Waals surface area (Å²) in [7, 11) is 0. The van der Waals surface area contributed by atoms with Crippen LogP contribution in [0.1, 0.15) is 43.3 Å². The zero-order valence-corrected chi connectivity index (χ0v) is 37.9. The second-order valence-corrected chi connectivity index (χ2v) is 17.7. The number of morpholine rings is 1. The van der Waals surface area contributed by atoms with Crippen molar-refractivity contribution in [2.75, 3.05) is 115 Å². The highest BCUT2D eigenvalue weighted by atomic mass is 32.1. The third-order valence-electron chi connectivity index (χ3n) is 11.5. The molecule has 352 valence electrons. The minimum absolute atomic E-state index is 0.00955. The van der Waals surface area contributed by atoms with E-state index >= 15 is 0 Å². The van der Waals surface area contributed by atoms with E-state index in [4.69, 9.17) is 28.7 Å². The van der Waals surface area contributed by atoms with Crippen molar-refractivity contribution in [1.29, 1.82) is 0 Å². The molecule has 5 heterocycles. The number of rotatable bonds is 21. The Morgan fingerprint density at radius 1 is 0.969 bits per heavy atom. The molecule has 2 aromatic heterocycles. The van der Waals surface area contributed by atoms with Gasteiger partial charge < -0.3 is 49.2 Å². The zero-order valence-electron chi connectivity index (χ0n) is 37.1. The number of fused-ring (bicyclic) bond motifs is 1. The van der Waals surface area contributed by atoms with Crippen LogP contribution in [-0.2, 0) is 47.0 Å². The molecule has 2 saturated heterocycles. The number of aromatic nitrogens is 2. The number of anilines is 2. The standard InChI is InChI=1S/C46H58F3N7O8S/c1-30-25-55(26-40(58)56-29-46(2,3)43-38(56)23-32(36(27-57)52-43)22-31-4-6-33(47)7-5-31)39(24-51-30)44(59)50-10-13-60-16-17-62-18-19-63-20-21-64-42-34(8-9-35(48)41(42)49)37-28-65-45(53-37)54-11-14-61-15-12-54/h4-9,23,28,30,39,51,57H,10-22,24-27,29H2,1-3H3,(H,50,59)/t30-,39-/m1/s1. The van der Waals surface area contributed by atoms with E-state index in [1.54, 1.807) is 22.4 Å². The molecule has 0 bridgehead atoms. The summed E-state index contributed by atoms with van der Waals surface area (Å²) in [6.07, 6.45) is 0.416. The first-order valence-electron chi connectivity index (χ1n) is 22.0. The summed E-state index contributed by atoms with van der Waals surface area (Å²) in [4.78, 5) is 42.7. The Balaban J connectivity index is 0.798. The molecule has 0 unspecified atom stereocenters. The van der Waals surface area contributed by atoms with Crippen molar-refractivity contribution in [3.05, 3.63) is 87.8 Å². The van der Waals surface area contributed by atoms with Gasteiger partial charge in [-0.3, -0.25) is 19.5 Å². The Morgan fingerprint density at radius 2 is 1.68 bits per heavy atom. The molecule has 4 aromatic rings. The van der Waals surface area contributed by atoms with Crippen molar-refractivity contribution >= 4 is 34.0 Å². The topological polar surface area (TPSA) is 160 Å². The van der Waals surface area contributed by atoms with Gasteiger partial charge in [0.15, 0.2) is 16.7 Å². The van der Waals surface area contributed by atoms with E-state index in [2.05, 4.69) is 20.5 Å². The van der Waals surface area contributed by atoms with Gasteiger partial charge in [0, 0.05) is 61.7 Å². The lowest BCUT2D eigenvalue weighted by Crippen LogP contribution is -2.62. The van der Waals surface area contributed by atoms with Crippen LogP contribution in [0.2, 0.25) is 0 Å². The van der Waals surface area contributed by atoms with Gasteiger partial charge in [-0.15, -0.1) is 11.3 Å². The van der Waals surface area contributed by atoms with Crippen molar-refractivity contribution in [3.8, 4) is 17.0 Å².